The molecular formula is C54H85F. The smallest absolute Gasteiger partial charge is 0.140 e. The van der Waals surface area contributed by atoms with Gasteiger partial charge >= 0.3 is 0 Å². The average molecular weight is 753 g/mol. The molecule has 1 aromatic rings. The van der Waals surface area contributed by atoms with Crippen LogP contribution in [0, 0.1) is 75.8 Å². The molecule has 0 bridgehead atoms. The van der Waals surface area contributed by atoms with E-state index in [1.54, 1.807) is 6.07 Å². The van der Waals surface area contributed by atoms with E-state index in [4.69, 9.17) is 0 Å². The molecule has 55 heavy (non-hydrogen) atoms. The molecule has 0 aliphatic heterocycles. The van der Waals surface area contributed by atoms with Crippen LogP contribution >= 0.6 is 0 Å². The van der Waals surface area contributed by atoms with Gasteiger partial charge in [0.1, 0.15) is 5.82 Å². The van der Waals surface area contributed by atoms with Gasteiger partial charge in [-0.25, -0.2) is 4.39 Å². The maximum Gasteiger partial charge on any atom is 0.140 e. The van der Waals surface area contributed by atoms with E-state index in [0.29, 0.717) is 5.56 Å². The van der Waals surface area contributed by atoms with Gasteiger partial charge in [-0.15, -0.1) is 0 Å². The van der Waals surface area contributed by atoms with Gasteiger partial charge < -0.3 is 0 Å². The summed E-state index contributed by atoms with van der Waals surface area (Å²) in [4.78, 5) is 0. The lowest BCUT2D eigenvalue weighted by molar-refractivity contribution is 0.115. The molecule has 5 rings (SSSR count). The van der Waals surface area contributed by atoms with Crippen LogP contribution in [0.2, 0.25) is 0 Å². The Morgan fingerprint density at radius 3 is 1.31 bits per heavy atom. The van der Waals surface area contributed by atoms with Crippen LogP contribution in [0.25, 0.3) is 0 Å². The summed E-state index contributed by atoms with van der Waals surface area (Å²) in [7, 11) is 0. The molecule has 4 aliphatic carbocycles. The molecule has 4 fully saturated rings. The van der Waals surface area contributed by atoms with Gasteiger partial charge in [0.05, 0.1) is 5.56 Å². The molecule has 1 heteroatoms. The Labute approximate surface area is 341 Å². The molecule has 0 aromatic heterocycles. The van der Waals surface area contributed by atoms with Crippen LogP contribution in [-0.4, -0.2) is 0 Å². The van der Waals surface area contributed by atoms with E-state index >= 15 is 4.39 Å². The largest absolute Gasteiger partial charge is 0.206 e. The third-order valence-electron chi connectivity index (χ3n) is 15.9. The highest BCUT2D eigenvalue weighted by molar-refractivity contribution is 5.44. The summed E-state index contributed by atoms with van der Waals surface area (Å²) < 4.78 is 15.8. The molecule has 1 aromatic carbocycles. The molecular weight excluding hydrogens is 668 g/mol. The predicted molar refractivity (Wildman–Crippen MR) is 236 cm³/mol. The van der Waals surface area contributed by atoms with Crippen molar-refractivity contribution in [3.63, 3.8) is 0 Å². The van der Waals surface area contributed by atoms with Crippen LogP contribution in [0.1, 0.15) is 244 Å². The first-order valence-electron chi connectivity index (χ1n) is 24.8. The minimum atomic E-state index is -0.179. The normalized spacial score (nSPS) is 31.2. The number of halogens is 1. The van der Waals surface area contributed by atoms with E-state index in [1.165, 1.54) is 205 Å². The molecule has 0 unspecified atom stereocenters. The van der Waals surface area contributed by atoms with Gasteiger partial charge in [0.25, 0.3) is 0 Å². The molecule has 0 N–H and O–H groups in total. The highest BCUT2D eigenvalue weighted by Crippen LogP contribution is 2.49. The summed E-state index contributed by atoms with van der Waals surface area (Å²) in [5.41, 5.74) is 1.57. The van der Waals surface area contributed by atoms with Crippen LogP contribution in [-0.2, 0) is 0 Å². The standard InChI is InChI=1S/C54H85F/c1-5-9-13-17-44-19-24-47(25-20-44)49-30-38-53(39-31-49,35-15-11-7-3)37-29-46-23-28-51(52(55)43-46)34-42-54(36-16-12-8-4)40-32-50(33-41-54)48-26-21-45(22-27-48)18-14-10-6-2/h23,28,43-45,47-50H,5-22,24-27,30-33,35-36,38-41H2,1-4H3. The SMILES string of the molecule is CCCCCC1CCC(C2CCC(C#Cc3ccc(C#CC4(CCCCC)CCC(C5CCC(CCCCC)CC5)CC4)c(F)c3)(CCCCC)CC2)CC1. The Morgan fingerprint density at radius 1 is 0.491 bits per heavy atom. The van der Waals surface area contributed by atoms with E-state index in [1.807, 2.05) is 6.07 Å². The van der Waals surface area contributed by atoms with E-state index in [2.05, 4.69) is 57.4 Å². The third-order valence-corrected chi connectivity index (χ3v) is 15.9. The second-order valence-electron chi connectivity index (χ2n) is 19.9. The fraction of sp³-hybridized carbons (Fsp3) is 0.815. The molecule has 0 atom stereocenters. The number of hydrogen-bond acceptors (Lipinski definition) is 0. The van der Waals surface area contributed by atoms with Gasteiger partial charge in [0, 0.05) is 16.4 Å². The first-order chi connectivity index (χ1) is 26.9. The molecule has 4 aliphatic rings. The minimum Gasteiger partial charge on any atom is -0.206 e. The van der Waals surface area contributed by atoms with Crippen LogP contribution in [0.15, 0.2) is 18.2 Å². The molecule has 0 amide bonds. The predicted octanol–water partition coefficient (Wildman–Crippen LogP) is 16.8. The molecule has 4 saturated carbocycles. The van der Waals surface area contributed by atoms with E-state index in [-0.39, 0.29) is 16.6 Å². The maximum atomic E-state index is 15.8. The quantitative estimate of drug-likeness (QED) is 0.103. The molecule has 0 radical (unpaired) electrons. The van der Waals surface area contributed by atoms with E-state index < -0.39 is 0 Å². The maximum absolute atomic E-state index is 15.8. The lowest BCUT2D eigenvalue weighted by Crippen LogP contribution is -2.31. The summed E-state index contributed by atoms with van der Waals surface area (Å²) >= 11 is 0. The van der Waals surface area contributed by atoms with Crippen molar-refractivity contribution in [2.45, 2.75) is 233 Å². The van der Waals surface area contributed by atoms with Crippen molar-refractivity contribution in [1.82, 2.24) is 0 Å². The van der Waals surface area contributed by atoms with Crippen molar-refractivity contribution in [2.75, 3.05) is 0 Å². The van der Waals surface area contributed by atoms with Crippen molar-refractivity contribution in [1.29, 1.82) is 0 Å². The fourth-order valence-corrected chi connectivity index (χ4v) is 12.0. The molecule has 0 nitrogen and oxygen atoms in total. The summed E-state index contributed by atoms with van der Waals surface area (Å²) in [5.74, 6) is 20.0. The highest BCUT2D eigenvalue weighted by Gasteiger charge is 2.39. The Bertz CT molecular complexity index is 1330. The van der Waals surface area contributed by atoms with Gasteiger partial charge in [-0.1, -0.05) is 167 Å². The van der Waals surface area contributed by atoms with Gasteiger partial charge in [-0.3, -0.25) is 0 Å². The van der Waals surface area contributed by atoms with Gasteiger partial charge in [0.15, 0.2) is 0 Å². The summed E-state index contributed by atoms with van der Waals surface area (Å²) in [6.07, 6.45) is 43.2. The van der Waals surface area contributed by atoms with Gasteiger partial charge in [-0.05, 0) is 144 Å². The zero-order chi connectivity index (χ0) is 38.8. The topological polar surface area (TPSA) is 0 Å². The number of benzene rings is 1. The molecule has 0 spiro atoms. The zero-order valence-corrected chi connectivity index (χ0v) is 36.7. The van der Waals surface area contributed by atoms with E-state index in [0.717, 1.165) is 41.1 Å². The summed E-state index contributed by atoms with van der Waals surface area (Å²) in [6.45, 7) is 9.25. The average Bonchev–Trinajstić information content (AvgIpc) is 3.21. The second-order valence-corrected chi connectivity index (χ2v) is 19.9. The first-order valence-corrected chi connectivity index (χ1v) is 24.8. The highest BCUT2D eigenvalue weighted by atomic mass is 19.1. The summed E-state index contributed by atoms with van der Waals surface area (Å²) in [5, 5.41) is 0. The molecule has 0 saturated heterocycles. The Hall–Kier alpha value is -1.73. The second kappa shape index (κ2) is 23.6. The molecule has 308 valence electrons. The van der Waals surface area contributed by atoms with Gasteiger partial charge in [0.2, 0.25) is 0 Å². The van der Waals surface area contributed by atoms with E-state index in [9.17, 15) is 0 Å². The molecule has 0 heterocycles. The Morgan fingerprint density at radius 2 is 0.891 bits per heavy atom. The van der Waals surface area contributed by atoms with Crippen LogP contribution in [0.3, 0.4) is 0 Å². The monoisotopic (exact) mass is 753 g/mol. The van der Waals surface area contributed by atoms with Gasteiger partial charge in [-0.2, -0.15) is 0 Å². The third kappa shape index (κ3) is 14.0. The lowest BCUT2D eigenvalue weighted by Gasteiger charge is -2.42. The number of hydrogen-bond donors (Lipinski definition) is 0. The minimum absolute atomic E-state index is 0.0611. The fourth-order valence-electron chi connectivity index (χ4n) is 12.0. The van der Waals surface area contributed by atoms with Crippen LogP contribution in [0.5, 0.6) is 0 Å². The van der Waals surface area contributed by atoms with Crippen LogP contribution in [0.4, 0.5) is 4.39 Å². The number of unbranched alkanes of at least 4 members (excludes halogenated alkanes) is 8. The van der Waals surface area contributed by atoms with Crippen molar-refractivity contribution in [3.8, 4) is 23.7 Å². The summed E-state index contributed by atoms with van der Waals surface area (Å²) in [6, 6.07) is 5.69. The Kier molecular flexibility index (Phi) is 19.1. The lowest BCUT2D eigenvalue weighted by atomic mass is 9.63. The van der Waals surface area contributed by atoms with Crippen molar-refractivity contribution in [2.24, 2.45) is 46.3 Å². The van der Waals surface area contributed by atoms with Crippen molar-refractivity contribution >= 4 is 0 Å². The van der Waals surface area contributed by atoms with Crippen molar-refractivity contribution in [3.05, 3.63) is 35.1 Å². The van der Waals surface area contributed by atoms with Crippen molar-refractivity contribution < 1.29 is 4.39 Å². The van der Waals surface area contributed by atoms with Crippen LogP contribution < -0.4 is 0 Å². The number of rotatable bonds is 18. The Balaban J connectivity index is 1.18. The first kappa shape index (κ1) is 44.4. The zero-order valence-electron chi connectivity index (χ0n) is 36.7.